The zero-order valence-corrected chi connectivity index (χ0v) is 15.2. The summed E-state index contributed by atoms with van der Waals surface area (Å²) in [5, 5.41) is 6.93. The molecule has 0 aliphatic carbocycles. The van der Waals surface area contributed by atoms with E-state index in [0.717, 1.165) is 16.8 Å². The number of aryl methyl sites for hydroxylation is 1. The first kappa shape index (κ1) is 18.9. The second kappa shape index (κ2) is 9.18. The number of hydrazone groups is 1. The summed E-state index contributed by atoms with van der Waals surface area (Å²) in [4.78, 5) is 23.6. The molecule has 7 heteroatoms. The first-order valence-corrected chi connectivity index (χ1v) is 8.58. The lowest BCUT2D eigenvalue weighted by molar-refractivity contribution is -0.119. The van der Waals surface area contributed by atoms with Gasteiger partial charge in [-0.25, -0.2) is 10.2 Å². The summed E-state index contributed by atoms with van der Waals surface area (Å²) in [6, 6.07) is 17.6. The Hall–Kier alpha value is -3.87. The molecular formula is C21H19N3O4. The highest BCUT2D eigenvalue weighted by Gasteiger charge is 2.10. The van der Waals surface area contributed by atoms with Gasteiger partial charge in [0, 0.05) is 5.69 Å². The Balaban J connectivity index is 1.44. The molecule has 7 nitrogen and oxygen atoms in total. The fourth-order valence-corrected chi connectivity index (χ4v) is 2.25. The van der Waals surface area contributed by atoms with E-state index in [0.29, 0.717) is 5.75 Å². The minimum atomic E-state index is -0.570. The molecule has 3 aromatic rings. The van der Waals surface area contributed by atoms with Crippen LogP contribution in [0.3, 0.4) is 0 Å². The lowest BCUT2D eigenvalue weighted by Crippen LogP contribution is -2.25. The molecule has 142 valence electrons. The summed E-state index contributed by atoms with van der Waals surface area (Å²) in [6.45, 7) is 2.11. The van der Waals surface area contributed by atoms with E-state index < -0.39 is 5.97 Å². The molecule has 1 heterocycles. The lowest BCUT2D eigenvalue weighted by atomic mass is 10.2. The number of nitrogens with one attached hydrogen (secondary N) is 2. The van der Waals surface area contributed by atoms with Crippen molar-refractivity contribution in [2.24, 2.45) is 5.10 Å². The number of hydrogen-bond donors (Lipinski definition) is 2. The van der Waals surface area contributed by atoms with Crippen molar-refractivity contribution in [3.63, 3.8) is 0 Å². The molecular weight excluding hydrogens is 358 g/mol. The SMILES string of the molecule is Cc1ccc(NCC(=O)N/N=C\c2ccc(OC(=O)c3ccco3)cc2)cc1. The Bertz CT molecular complexity index is 946. The van der Waals surface area contributed by atoms with Crippen LogP contribution in [-0.4, -0.2) is 24.6 Å². The molecule has 0 radical (unpaired) electrons. The third-order valence-electron chi connectivity index (χ3n) is 3.72. The van der Waals surface area contributed by atoms with E-state index in [9.17, 15) is 9.59 Å². The number of amides is 1. The van der Waals surface area contributed by atoms with Crippen molar-refractivity contribution in [1.29, 1.82) is 0 Å². The Morgan fingerprint density at radius 1 is 1.07 bits per heavy atom. The summed E-state index contributed by atoms with van der Waals surface area (Å²) in [5.74, 6) is -0.321. The first-order valence-electron chi connectivity index (χ1n) is 8.58. The van der Waals surface area contributed by atoms with Gasteiger partial charge in [-0.1, -0.05) is 17.7 Å². The topological polar surface area (TPSA) is 92.9 Å². The van der Waals surface area contributed by atoms with E-state index in [1.54, 1.807) is 30.3 Å². The van der Waals surface area contributed by atoms with Crippen LogP contribution in [0.4, 0.5) is 5.69 Å². The average molecular weight is 377 g/mol. The van der Waals surface area contributed by atoms with Crippen LogP contribution in [0, 0.1) is 6.92 Å². The number of hydrogen-bond acceptors (Lipinski definition) is 6. The number of esters is 1. The van der Waals surface area contributed by atoms with Crippen molar-refractivity contribution in [3.8, 4) is 5.75 Å². The Morgan fingerprint density at radius 2 is 1.82 bits per heavy atom. The maximum Gasteiger partial charge on any atom is 0.379 e. The number of rotatable bonds is 7. The molecule has 28 heavy (non-hydrogen) atoms. The van der Waals surface area contributed by atoms with Gasteiger partial charge in [0.1, 0.15) is 5.75 Å². The fourth-order valence-electron chi connectivity index (χ4n) is 2.25. The van der Waals surface area contributed by atoms with Gasteiger partial charge in [0.25, 0.3) is 5.91 Å². The summed E-state index contributed by atoms with van der Waals surface area (Å²) in [5.41, 5.74) is 5.21. The van der Waals surface area contributed by atoms with Gasteiger partial charge in [0.05, 0.1) is 19.0 Å². The van der Waals surface area contributed by atoms with Crippen molar-refractivity contribution in [3.05, 3.63) is 83.8 Å². The van der Waals surface area contributed by atoms with Crippen LogP contribution in [0.5, 0.6) is 5.75 Å². The fraction of sp³-hybridized carbons (Fsp3) is 0.0952. The normalized spacial score (nSPS) is 10.6. The predicted molar refractivity (Wildman–Crippen MR) is 106 cm³/mol. The molecule has 0 bridgehead atoms. The number of ether oxygens (including phenoxy) is 1. The van der Waals surface area contributed by atoms with E-state index in [1.165, 1.54) is 18.5 Å². The number of carbonyl (C=O) groups is 2. The van der Waals surface area contributed by atoms with Gasteiger partial charge in [0.15, 0.2) is 0 Å². The van der Waals surface area contributed by atoms with E-state index in [1.807, 2.05) is 31.2 Å². The van der Waals surface area contributed by atoms with Crippen molar-refractivity contribution < 1.29 is 18.7 Å². The molecule has 0 aliphatic rings. The monoisotopic (exact) mass is 377 g/mol. The van der Waals surface area contributed by atoms with Crippen LogP contribution >= 0.6 is 0 Å². The Morgan fingerprint density at radius 3 is 2.50 bits per heavy atom. The molecule has 0 saturated carbocycles. The van der Waals surface area contributed by atoms with Crippen LogP contribution in [0.15, 0.2) is 76.4 Å². The zero-order chi connectivity index (χ0) is 19.8. The van der Waals surface area contributed by atoms with Crippen molar-refractivity contribution >= 4 is 23.8 Å². The molecule has 0 atom stereocenters. The second-order valence-corrected chi connectivity index (χ2v) is 5.95. The zero-order valence-electron chi connectivity index (χ0n) is 15.2. The third kappa shape index (κ3) is 5.57. The van der Waals surface area contributed by atoms with Crippen molar-refractivity contribution in [2.75, 3.05) is 11.9 Å². The largest absolute Gasteiger partial charge is 0.457 e. The third-order valence-corrected chi connectivity index (χ3v) is 3.72. The van der Waals surface area contributed by atoms with Crippen LogP contribution in [0.1, 0.15) is 21.7 Å². The van der Waals surface area contributed by atoms with Crippen molar-refractivity contribution in [1.82, 2.24) is 5.43 Å². The molecule has 0 unspecified atom stereocenters. The van der Waals surface area contributed by atoms with Crippen molar-refractivity contribution in [2.45, 2.75) is 6.92 Å². The maximum absolute atomic E-state index is 11.8. The van der Waals surface area contributed by atoms with E-state index in [4.69, 9.17) is 9.15 Å². The van der Waals surface area contributed by atoms with Gasteiger partial charge in [0.2, 0.25) is 5.76 Å². The van der Waals surface area contributed by atoms with Gasteiger partial charge in [-0.3, -0.25) is 4.79 Å². The standard InChI is InChI=1S/C21H19N3O4/c1-15-4-8-17(9-5-15)22-14-20(25)24-23-13-16-6-10-18(11-7-16)28-21(26)19-3-2-12-27-19/h2-13,22H,14H2,1H3,(H,24,25)/b23-13-. The van der Waals surface area contributed by atoms with Gasteiger partial charge < -0.3 is 14.5 Å². The minimum absolute atomic E-state index is 0.113. The predicted octanol–water partition coefficient (Wildman–Crippen LogP) is 3.37. The minimum Gasteiger partial charge on any atom is -0.457 e. The second-order valence-electron chi connectivity index (χ2n) is 5.95. The summed E-state index contributed by atoms with van der Waals surface area (Å²) < 4.78 is 10.2. The Kier molecular flexibility index (Phi) is 6.20. The smallest absolute Gasteiger partial charge is 0.379 e. The number of benzene rings is 2. The van der Waals surface area contributed by atoms with Crippen LogP contribution in [0.2, 0.25) is 0 Å². The van der Waals surface area contributed by atoms with E-state index in [-0.39, 0.29) is 18.2 Å². The first-order chi connectivity index (χ1) is 13.6. The lowest BCUT2D eigenvalue weighted by Gasteiger charge is -2.05. The van der Waals surface area contributed by atoms with E-state index >= 15 is 0 Å². The van der Waals surface area contributed by atoms with Crippen LogP contribution < -0.4 is 15.5 Å². The van der Waals surface area contributed by atoms with Gasteiger partial charge in [-0.05, 0) is 61.0 Å². The molecule has 0 fully saturated rings. The Labute approximate surface area is 162 Å². The number of nitrogens with zero attached hydrogens (tertiary/aromatic N) is 1. The molecule has 1 amide bonds. The van der Waals surface area contributed by atoms with Gasteiger partial charge >= 0.3 is 5.97 Å². The summed E-state index contributed by atoms with van der Waals surface area (Å²) in [7, 11) is 0. The number of anilines is 1. The molecule has 3 rings (SSSR count). The van der Waals surface area contributed by atoms with Gasteiger partial charge in [-0.15, -0.1) is 0 Å². The summed E-state index contributed by atoms with van der Waals surface area (Å²) >= 11 is 0. The number of furan rings is 1. The quantitative estimate of drug-likeness (QED) is 0.285. The summed E-state index contributed by atoms with van der Waals surface area (Å²) in [6.07, 6.45) is 2.91. The highest BCUT2D eigenvalue weighted by Crippen LogP contribution is 2.14. The maximum atomic E-state index is 11.8. The van der Waals surface area contributed by atoms with Gasteiger partial charge in [-0.2, -0.15) is 5.10 Å². The highest BCUT2D eigenvalue weighted by atomic mass is 16.5. The molecule has 2 N–H and O–H groups in total. The number of carbonyl (C=O) groups excluding carboxylic acids is 2. The highest BCUT2D eigenvalue weighted by molar-refractivity contribution is 5.88. The van der Waals surface area contributed by atoms with Crippen LogP contribution in [-0.2, 0) is 4.79 Å². The molecule has 0 spiro atoms. The molecule has 1 aromatic heterocycles. The van der Waals surface area contributed by atoms with Crippen LogP contribution in [0.25, 0.3) is 0 Å². The van der Waals surface area contributed by atoms with E-state index in [2.05, 4.69) is 15.8 Å². The molecule has 2 aromatic carbocycles. The molecule has 0 aliphatic heterocycles. The average Bonchev–Trinajstić information content (AvgIpc) is 3.24. The molecule has 0 saturated heterocycles.